The first-order valence-electron chi connectivity index (χ1n) is 4.74. The largest absolute Gasteiger partial charge is 0.374 e. The average molecular weight is 196 g/mol. The minimum absolute atomic E-state index is 0.0633. The highest BCUT2D eigenvalue weighted by molar-refractivity contribution is 5.84. The number of aryl methyl sites for hydroxylation is 1. The van der Waals surface area contributed by atoms with Crippen LogP contribution in [0.2, 0.25) is 0 Å². The number of ether oxygens (including phenoxy) is 1. The fourth-order valence-corrected chi connectivity index (χ4v) is 1.23. The van der Waals surface area contributed by atoms with Gasteiger partial charge in [0.15, 0.2) is 5.78 Å². The summed E-state index contributed by atoms with van der Waals surface area (Å²) >= 11 is 0. The molecule has 78 valence electrons. The first-order chi connectivity index (χ1) is 6.69. The Morgan fingerprint density at radius 1 is 1.71 bits per heavy atom. The topological polar surface area (TPSA) is 44.1 Å². The minimum Gasteiger partial charge on any atom is -0.374 e. The number of ketones is 1. The first-order valence-corrected chi connectivity index (χ1v) is 4.74. The SMILES string of the molecule is CCn1ccnc1CC(=O)C(C)OC. The van der Waals surface area contributed by atoms with Gasteiger partial charge < -0.3 is 9.30 Å². The summed E-state index contributed by atoms with van der Waals surface area (Å²) < 4.78 is 6.91. The van der Waals surface area contributed by atoms with Crippen molar-refractivity contribution in [2.24, 2.45) is 0 Å². The highest BCUT2D eigenvalue weighted by Gasteiger charge is 2.14. The van der Waals surface area contributed by atoms with Gasteiger partial charge in [-0.15, -0.1) is 0 Å². The fourth-order valence-electron chi connectivity index (χ4n) is 1.23. The smallest absolute Gasteiger partial charge is 0.168 e. The Bertz CT molecular complexity index is 307. The second-order valence-corrected chi connectivity index (χ2v) is 3.15. The van der Waals surface area contributed by atoms with Crippen molar-refractivity contribution in [3.8, 4) is 0 Å². The molecular formula is C10H16N2O2. The quantitative estimate of drug-likeness (QED) is 0.707. The molecule has 0 bridgehead atoms. The van der Waals surface area contributed by atoms with E-state index in [0.29, 0.717) is 6.42 Å². The number of nitrogens with zero attached hydrogens (tertiary/aromatic N) is 2. The monoisotopic (exact) mass is 196 g/mol. The van der Waals surface area contributed by atoms with Crippen LogP contribution < -0.4 is 0 Å². The van der Waals surface area contributed by atoms with Crippen molar-refractivity contribution in [2.45, 2.75) is 32.9 Å². The summed E-state index contributed by atoms with van der Waals surface area (Å²) in [5.74, 6) is 0.870. The maximum Gasteiger partial charge on any atom is 0.168 e. The summed E-state index contributed by atoms with van der Waals surface area (Å²) in [5, 5.41) is 0. The number of carbonyl (C=O) groups excluding carboxylic acids is 1. The van der Waals surface area contributed by atoms with Crippen molar-refractivity contribution in [1.82, 2.24) is 9.55 Å². The zero-order chi connectivity index (χ0) is 10.6. The molecule has 4 nitrogen and oxygen atoms in total. The molecule has 1 atom stereocenters. The number of carbonyl (C=O) groups is 1. The molecule has 0 spiro atoms. The van der Waals surface area contributed by atoms with Crippen LogP contribution in [0, 0.1) is 0 Å². The third kappa shape index (κ3) is 2.42. The van der Waals surface area contributed by atoms with Gasteiger partial charge in [-0.05, 0) is 13.8 Å². The molecule has 1 aromatic heterocycles. The summed E-state index contributed by atoms with van der Waals surface area (Å²) in [6.07, 6.45) is 3.58. The van der Waals surface area contributed by atoms with E-state index in [4.69, 9.17) is 4.74 Å². The lowest BCUT2D eigenvalue weighted by Gasteiger charge is -2.08. The van der Waals surface area contributed by atoms with Crippen LogP contribution in [0.25, 0.3) is 0 Å². The third-order valence-electron chi connectivity index (χ3n) is 2.28. The van der Waals surface area contributed by atoms with Gasteiger partial charge in [0.25, 0.3) is 0 Å². The number of hydrogen-bond donors (Lipinski definition) is 0. The number of rotatable bonds is 5. The number of imidazole rings is 1. The lowest BCUT2D eigenvalue weighted by molar-refractivity contribution is -0.127. The number of aromatic nitrogens is 2. The van der Waals surface area contributed by atoms with E-state index in [-0.39, 0.29) is 11.9 Å². The molecule has 1 heterocycles. The lowest BCUT2D eigenvalue weighted by Crippen LogP contribution is -2.22. The van der Waals surface area contributed by atoms with Crippen molar-refractivity contribution in [1.29, 1.82) is 0 Å². The van der Waals surface area contributed by atoms with E-state index in [1.165, 1.54) is 7.11 Å². The molecule has 1 unspecified atom stereocenters. The van der Waals surface area contributed by atoms with Gasteiger partial charge in [0.2, 0.25) is 0 Å². The maximum atomic E-state index is 11.5. The zero-order valence-corrected chi connectivity index (χ0v) is 8.86. The van der Waals surface area contributed by atoms with E-state index >= 15 is 0 Å². The normalized spacial score (nSPS) is 12.8. The van der Waals surface area contributed by atoms with Gasteiger partial charge in [-0.3, -0.25) is 4.79 Å². The molecule has 0 aliphatic carbocycles. The minimum atomic E-state index is -0.350. The summed E-state index contributed by atoms with van der Waals surface area (Å²) in [6.45, 7) is 4.61. The number of methoxy groups -OCH3 is 1. The van der Waals surface area contributed by atoms with Gasteiger partial charge in [-0.25, -0.2) is 4.98 Å². The van der Waals surface area contributed by atoms with E-state index in [1.54, 1.807) is 13.1 Å². The molecule has 0 aliphatic rings. The van der Waals surface area contributed by atoms with Gasteiger partial charge >= 0.3 is 0 Å². The van der Waals surface area contributed by atoms with Crippen molar-refractivity contribution >= 4 is 5.78 Å². The second kappa shape index (κ2) is 4.91. The molecular weight excluding hydrogens is 180 g/mol. The highest BCUT2D eigenvalue weighted by atomic mass is 16.5. The maximum absolute atomic E-state index is 11.5. The van der Waals surface area contributed by atoms with Crippen LogP contribution in [0.1, 0.15) is 19.7 Å². The van der Waals surface area contributed by atoms with Crippen molar-refractivity contribution < 1.29 is 9.53 Å². The molecule has 0 aromatic carbocycles. The van der Waals surface area contributed by atoms with Crippen LogP contribution in [-0.2, 0) is 22.5 Å². The lowest BCUT2D eigenvalue weighted by atomic mass is 10.2. The van der Waals surface area contributed by atoms with E-state index in [2.05, 4.69) is 4.98 Å². The molecule has 0 aliphatic heterocycles. The Morgan fingerprint density at radius 3 is 3.00 bits per heavy atom. The Labute approximate surface area is 83.9 Å². The van der Waals surface area contributed by atoms with E-state index in [1.807, 2.05) is 17.7 Å². The molecule has 0 saturated heterocycles. The summed E-state index contributed by atoms with van der Waals surface area (Å²) in [4.78, 5) is 15.7. The van der Waals surface area contributed by atoms with Crippen molar-refractivity contribution in [3.63, 3.8) is 0 Å². The van der Waals surface area contributed by atoms with Gasteiger partial charge in [0, 0.05) is 26.0 Å². The molecule has 1 rings (SSSR count). The molecule has 0 fully saturated rings. The third-order valence-corrected chi connectivity index (χ3v) is 2.28. The Hall–Kier alpha value is -1.16. The predicted molar refractivity (Wildman–Crippen MR) is 53.1 cm³/mol. The van der Waals surface area contributed by atoms with Gasteiger partial charge in [0.05, 0.1) is 6.42 Å². The molecule has 0 radical (unpaired) electrons. The number of hydrogen-bond acceptors (Lipinski definition) is 3. The van der Waals surface area contributed by atoms with Gasteiger partial charge in [-0.1, -0.05) is 0 Å². The molecule has 0 N–H and O–H groups in total. The van der Waals surface area contributed by atoms with Crippen molar-refractivity contribution in [3.05, 3.63) is 18.2 Å². The number of Topliss-reactive ketones (excluding diaryl/α,β-unsaturated/α-hetero) is 1. The van der Waals surface area contributed by atoms with Crippen LogP contribution in [0.4, 0.5) is 0 Å². The van der Waals surface area contributed by atoms with E-state index in [9.17, 15) is 4.79 Å². The summed E-state index contributed by atoms with van der Waals surface area (Å²) in [5.41, 5.74) is 0. The molecule has 4 heteroatoms. The van der Waals surface area contributed by atoms with Crippen LogP contribution >= 0.6 is 0 Å². The van der Waals surface area contributed by atoms with Gasteiger partial charge in [-0.2, -0.15) is 0 Å². The van der Waals surface area contributed by atoms with Crippen LogP contribution in [0.5, 0.6) is 0 Å². The van der Waals surface area contributed by atoms with Crippen LogP contribution in [0.15, 0.2) is 12.4 Å². The molecule has 1 aromatic rings. The van der Waals surface area contributed by atoms with E-state index in [0.717, 1.165) is 12.4 Å². The summed E-state index contributed by atoms with van der Waals surface area (Å²) in [6, 6.07) is 0. The molecule has 0 saturated carbocycles. The zero-order valence-electron chi connectivity index (χ0n) is 8.86. The molecule has 14 heavy (non-hydrogen) atoms. The Morgan fingerprint density at radius 2 is 2.43 bits per heavy atom. The van der Waals surface area contributed by atoms with Crippen LogP contribution in [0.3, 0.4) is 0 Å². The first kappa shape index (κ1) is 10.9. The van der Waals surface area contributed by atoms with Crippen molar-refractivity contribution in [2.75, 3.05) is 7.11 Å². The summed E-state index contributed by atoms with van der Waals surface area (Å²) in [7, 11) is 1.54. The fraction of sp³-hybridized carbons (Fsp3) is 0.600. The standard InChI is InChI=1S/C10H16N2O2/c1-4-12-6-5-11-10(12)7-9(13)8(2)14-3/h5-6,8H,4,7H2,1-3H3. The average Bonchev–Trinajstić information content (AvgIpc) is 2.63. The van der Waals surface area contributed by atoms with Crippen LogP contribution in [-0.4, -0.2) is 28.5 Å². The molecule has 0 amide bonds. The second-order valence-electron chi connectivity index (χ2n) is 3.15. The predicted octanol–water partition coefficient (Wildman–Crippen LogP) is 1.05. The highest BCUT2D eigenvalue weighted by Crippen LogP contribution is 2.02. The Kier molecular flexibility index (Phi) is 3.83. The Balaban J connectivity index is 2.64. The van der Waals surface area contributed by atoms with E-state index < -0.39 is 0 Å². The van der Waals surface area contributed by atoms with Gasteiger partial charge in [0.1, 0.15) is 11.9 Å².